The zero-order valence-electron chi connectivity index (χ0n) is 11.9. The minimum atomic E-state index is 0.00707. The summed E-state index contributed by atoms with van der Waals surface area (Å²) in [5.41, 5.74) is 2.27. The lowest BCUT2D eigenvalue weighted by atomic mass is 10.1. The summed E-state index contributed by atoms with van der Waals surface area (Å²) in [5.74, 6) is 0.891. The molecule has 0 saturated carbocycles. The summed E-state index contributed by atoms with van der Waals surface area (Å²) in [7, 11) is 3.59. The van der Waals surface area contributed by atoms with Gasteiger partial charge in [-0.2, -0.15) is 0 Å². The van der Waals surface area contributed by atoms with E-state index in [0.29, 0.717) is 13.1 Å². The Kier molecular flexibility index (Phi) is 6.09. The molecule has 1 rings (SSSR count). The summed E-state index contributed by atoms with van der Waals surface area (Å²) in [5, 5.41) is 2.76. The molecule has 0 spiro atoms. The fraction of sp³-hybridized carbons (Fsp3) is 0.400. The Morgan fingerprint density at radius 1 is 1.53 bits per heavy atom. The predicted molar refractivity (Wildman–Crippen MR) is 77.3 cm³/mol. The molecule has 1 amide bonds. The van der Waals surface area contributed by atoms with Crippen LogP contribution in [0.4, 0.5) is 0 Å². The molecule has 0 heterocycles. The highest BCUT2D eigenvalue weighted by Gasteiger charge is 2.07. The lowest BCUT2D eigenvalue weighted by molar-refractivity contribution is -0.121. The highest BCUT2D eigenvalue weighted by atomic mass is 16.5. The fourth-order valence-corrected chi connectivity index (χ4v) is 1.89. The molecule has 0 aliphatic rings. The predicted octanol–water partition coefficient (Wildman–Crippen LogP) is 1.74. The topological polar surface area (TPSA) is 41.6 Å². The van der Waals surface area contributed by atoms with Crippen molar-refractivity contribution >= 4 is 5.91 Å². The molecule has 0 fully saturated rings. The molecule has 1 N–H and O–H groups in total. The highest BCUT2D eigenvalue weighted by molar-refractivity contribution is 5.78. The SMILES string of the molecule is C=CCNC(=O)CN(C)Cc1ccc(OC)c(C)c1. The molecule has 0 aliphatic carbocycles. The second kappa shape index (κ2) is 7.59. The second-order valence-corrected chi connectivity index (χ2v) is 4.57. The standard InChI is InChI=1S/C15H22N2O2/c1-5-8-16-15(18)11-17(3)10-13-6-7-14(19-4)12(2)9-13/h5-7,9H,1,8,10-11H2,2-4H3,(H,16,18). The third-order valence-corrected chi connectivity index (χ3v) is 2.77. The van der Waals surface area contributed by atoms with Gasteiger partial charge in [0.1, 0.15) is 5.75 Å². The number of aryl methyl sites for hydroxylation is 1. The van der Waals surface area contributed by atoms with Gasteiger partial charge in [-0.05, 0) is 31.2 Å². The van der Waals surface area contributed by atoms with E-state index in [2.05, 4.69) is 18.0 Å². The van der Waals surface area contributed by atoms with Crippen LogP contribution in [0.3, 0.4) is 0 Å². The van der Waals surface area contributed by atoms with Gasteiger partial charge in [0.25, 0.3) is 0 Å². The molecule has 0 radical (unpaired) electrons. The molecule has 0 atom stereocenters. The first kappa shape index (κ1) is 15.2. The minimum absolute atomic E-state index is 0.00707. The van der Waals surface area contributed by atoms with Gasteiger partial charge in [-0.25, -0.2) is 0 Å². The average Bonchev–Trinajstić information content (AvgIpc) is 2.36. The van der Waals surface area contributed by atoms with Crippen LogP contribution < -0.4 is 10.1 Å². The number of carbonyl (C=O) groups excluding carboxylic acids is 1. The Balaban J connectivity index is 2.52. The van der Waals surface area contributed by atoms with E-state index in [1.165, 1.54) is 0 Å². The van der Waals surface area contributed by atoms with Crippen LogP contribution >= 0.6 is 0 Å². The number of amides is 1. The fourth-order valence-electron chi connectivity index (χ4n) is 1.89. The molecule has 1 aromatic carbocycles. The largest absolute Gasteiger partial charge is 0.496 e. The molecule has 4 heteroatoms. The van der Waals surface area contributed by atoms with Crippen LogP contribution in [-0.2, 0) is 11.3 Å². The molecular weight excluding hydrogens is 240 g/mol. The van der Waals surface area contributed by atoms with Crippen LogP contribution in [0, 0.1) is 6.92 Å². The van der Waals surface area contributed by atoms with E-state index in [9.17, 15) is 4.79 Å². The van der Waals surface area contributed by atoms with Crippen LogP contribution in [0.5, 0.6) is 5.75 Å². The molecule has 0 unspecified atom stereocenters. The molecule has 0 aliphatic heterocycles. The van der Waals surface area contributed by atoms with E-state index in [1.54, 1.807) is 13.2 Å². The van der Waals surface area contributed by atoms with Gasteiger partial charge >= 0.3 is 0 Å². The summed E-state index contributed by atoms with van der Waals surface area (Å²) in [6, 6.07) is 6.05. The third-order valence-electron chi connectivity index (χ3n) is 2.77. The van der Waals surface area contributed by atoms with E-state index >= 15 is 0 Å². The lowest BCUT2D eigenvalue weighted by Gasteiger charge is -2.17. The Morgan fingerprint density at radius 3 is 2.84 bits per heavy atom. The van der Waals surface area contributed by atoms with Crippen LogP contribution in [0.2, 0.25) is 0 Å². The van der Waals surface area contributed by atoms with Crippen molar-refractivity contribution < 1.29 is 9.53 Å². The number of hydrogen-bond donors (Lipinski definition) is 1. The molecular formula is C15H22N2O2. The first-order valence-electron chi connectivity index (χ1n) is 6.26. The van der Waals surface area contributed by atoms with Crippen molar-refractivity contribution in [1.82, 2.24) is 10.2 Å². The van der Waals surface area contributed by atoms with E-state index in [0.717, 1.165) is 23.4 Å². The van der Waals surface area contributed by atoms with Crippen molar-refractivity contribution in [3.8, 4) is 5.75 Å². The van der Waals surface area contributed by atoms with Crippen molar-refractivity contribution in [3.63, 3.8) is 0 Å². The van der Waals surface area contributed by atoms with Gasteiger partial charge in [0.2, 0.25) is 5.91 Å². The molecule has 19 heavy (non-hydrogen) atoms. The van der Waals surface area contributed by atoms with Crippen LogP contribution in [-0.4, -0.2) is 38.1 Å². The van der Waals surface area contributed by atoms with Gasteiger partial charge in [-0.3, -0.25) is 9.69 Å². The van der Waals surface area contributed by atoms with Crippen molar-refractivity contribution in [3.05, 3.63) is 42.0 Å². The number of hydrogen-bond acceptors (Lipinski definition) is 3. The number of rotatable bonds is 7. The highest BCUT2D eigenvalue weighted by Crippen LogP contribution is 2.19. The number of likely N-dealkylation sites (N-methyl/N-ethyl adjacent to an activating group) is 1. The average molecular weight is 262 g/mol. The molecule has 104 valence electrons. The van der Waals surface area contributed by atoms with Gasteiger partial charge in [-0.15, -0.1) is 6.58 Å². The quantitative estimate of drug-likeness (QED) is 0.761. The van der Waals surface area contributed by atoms with Gasteiger partial charge < -0.3 is 10.1 Å². The van der Waals surface area contributed by atoms with E-state index < -0.39 is 0 Å². The number of carbonyl (C=O) groups is 1. The number of nitrogens with one attached hydrogen (secondary N) is 1. The smallest absolute Gasteiger partial charge is 0.234 e. The molecule has 0 saturated heterocycles. The maximum atomic E-state index is 11.5. The molecule has 0 bridgehead atoms. The van der Waals surface area contributed by atoms with Crippen molar-refractivity contribution in [2.75, 3.05) is 27.2 Å². The number of benzene rings is 1. The van der Waals surface area contributed by atoms with Crippen molar-refractivity contribution in [2.45, 2.75) is 13.5 Å². The first-order chi connectivity index (χ1) is 9.06. The molecule has 4 nitrogen and oxygen atoms in total. The summed E-state index contributed by atoms with van der Waals surface area (Å²) in [6.07, 6.45) is 1.67. The summed E-state index contributed by atoms with van der Waals surface area (Å²) < 4.78 is 5.23. The zero-order chi connectivity index (χ0) is 14.3. The van der Waals surface area contributed by atoms with Crippen LogP contribution in [0.25, 0.3) is 0 Å². The van der Waals surface area contributed by atoms with Gasteiger partial charge in [0, 0.05) is 13.1 Å². The molecule has 1 aromatic rings. The maximum Gasteiger partial charge on any atom is 0.234 e. The second-order valence-electron chi connectivity index (χ2n) is 4.57. The summed E-state index contributed by atoms with van der Waals surface area (Å²) >= 11 is 0. The Hall–Kier alpha value is -1.81. The van der Waals surface area contributed by atoms with Crippen LogP contribution in [0.1, 0.15) is 11.1 Å². The van der Waals surface area contributed by atoms with E-state index in [4.69, 9.17) is 4.74 Å². The van der Waals surface area contributed by atoms with Gasteiger partial charge in [0.05, 0.1) is 13.7 Å². The van der Waals surface area contributed by atoms with Crippen LogP contribution in [0.15, 0.2) is 30.9 Å². The van der Waals surface area contributed by atoms with Crippen molar-refractivity contribution in [2.24, 2.45) is 0 Å². The number of methoxy groups -OCH3 is 1. The molecule has 0 aromatic heterocycles. The number of nitrogens with zero attached hydrogens (tertiary/aromatic N) is 1. The van der Waals surface area contributed by atoms with E-state index in [1.807, 2.05) is 31.0 Å². The monoisotopic (exact) mass is 262 g/mol. The van der Waals surface area contributed by atoms with Crippen molar-refractivity contribution in [1.29, 1.82) is 0 Å². The Bertz CT molecular complexity index is 444. The normalized spacial score (nSPS) is 10.3. The number of ether oxygens (including phenoxy) is 1. The summed E-state index contributed by atoms with van der Waals surface area (Å²) in [6.45, 7) is 7.19. The minimum Gasteiger partial charge on any atom is -0.496 e. The maximum absolute atomic E-state index is 11.5. The Labute approximate surface area is 115 Å². The summed E-state index contributed by atoms with van der Waals surface area (Å²) in [4.78, 5) is 13.5. The third kappa shape index (κ3) is 5.14. The van der Waals surface area contributed by atoms with E-state index in [-0.39, 0.29) is 5.91 Å². The van der Waals surface area contributed by atoms with Gasteiger partial charge in [-0.1, -0.05) is 18.2 Å². The lowest BCUT2D eigenvalue weighted by Crippen LogP contribution is -2.34. The van der Waals surface area contributed by atoms with Gasteiger partial charge in [0.15, 0.2) is 0 Å². The Morgan fingerprint density at radius 2 is 2.26 bits per heavy atom. The first-order valence-corrected chi connectivity index (χ1v) is 6.26. The zero-order valence-corrected chi connectivity index (χ0v) is 11.9.